The third-order valence-corrected chi connectivity index (χ3v) is 3.36. The summed E-state index contributed by atoms with van der Waals surface area (Å²) in [6.07, 6.45) is 3.23. The molecule has 0 fully saturated rings. The molecule has 0 saturated carbocycles. The van der Waals surface area contributed by atoms with Crippen molar-refractivity contribution in [3.05, 3.63) is 41.7 Å². The average molecular weight is 300 g/mol. The van der Waals surface area contributed by atoms with Crippen molar-refractivity contribution in [1.29, 1.82) is 5.26 Å². The Bertz CT molecular complexity index is 712. The van der Waals surface area contributed by atoms with Crippen molar-refractivity contribution in [2.75, 3.05) is 18.7 Å². The highest BCUT2D eigenvalue weighted by Crippen LogP contribution is 2.25. The molecule has 7 heteroatoms. The van der Waals surface area contributed by atoms with Gasteiger partial charge in [0.2, 0.25) is 0 Å². The summed E-state index contributed by atoms with van der Waals surface area (Å²) in [5.41, 5.74) is 1.42. The average Bonchev–Trinajstić information content (AvgIpc) is 2.54. The summed E-state index contributed by atoms with van der Waals surface area (Å²) < 4.78 is 4.67. The lowest BCUT2D eigenvalue weighted by atomic mass is 10.2. The molecule has 1 heterocycles. The Morgan fingerprint density at radius 2 is 2.24 bits per heavy atom. The lowest BCUT2D eigenvalue weighted by Crippen LogP contribution is -2.03. The number of hydrogen-bond donors (Lipinski definition) is 1. The van der Waals surface area contributed by atoms with E-state index in [9.17, 15) is 10.1 Å². The second-order valence-corrected chi connectivity index (χ2v) is 4.71. The lowest BCUT2D eigenvalue weighted by molar-refractivity contribution is 0.0601. The van der Waals surface area contributed by atoms with Gasteiger partial charge in [-0.15, -0.1) is 11.8 Å². The van der Waals surface area contributed by atoms with Crippen LogP contribution in [0.5, 0.6) is 0 Å². The molecule has 1 N–H and O–H groups in total. The lowest BCUT2D eigenvalue weighted by Gasteiger charge is -2.09. The molecule has 0 saturated heterocycles. The van der Waals surface area contributed by atoms with Gasteiger partial charge in [-0.25, -0.2) is 14.8 Å². The van der Waals surface area contributed by atoms with E-state index in [0.717, 1.165) is 0 Å². The zero-order chi connectivity index (χ0) is 15.2. The number of anilines is 2. The van der Waals surface area contributed by atoms with Crippen LogP contribution in [-0.2, 0) is 4.74 Å². The van der Waals surface area contributed by atoms with Gasteiger partial charge >= 0.3 is 5.97 Å². The van der Waals surface area contributed by atoms with E-state index in [0.29, 0.717) is 27.7 Å². The van der Waals surface area contributed by atoms with Crippen LogP contribution in [0.2, 0.25) is 0 Å². The van der Waals surface area contributed by atoms with Crippen molar-refractivity contribution >= 4 is 29.2 Å². The summed E-state index contributed by atoms with van der Waals surface area (Å²) in [7, 11) is 1.32. The van der Waals surface area contributed by atoms with Crippen LogP contribution < -0.4 is 5.32 Å². The number of nitrogens with zero attached hydrogens (tertiary/aromatic N) is 3. The van der Waals surface area contributed by atoms with E-state index in [1.807, 2.05) is 6.26 Å². The Hall–Kier alpha value is -2.59. The highest BCUT2D eigenvalue weighted by Gasteiger charge is 2.11. The van der Waals surface area contributed by atoms with Crippen molar-refractivity contribution in [1.82, 2.24) is 9.97 Å². The standard InChI is InChI=1S/C14H12N4O2S/c1-20-14(19)9-4-3-5-10(6-9)18-12-11(7-15)13(21-2)17-8-16-12/h3-6,8H,1-2H3,(H,16,17,18). The monoisotopic (exact) mass is 300 g/mol. The van der Waals surface area contributed by atoms with E-state index in [4.69, 9.17) is 0 Å². The molecule has 0 atom stereocenters. The smallest absolute Gasteiger partial charge is 0.337 e. The van der Waals surface area contributed by atoms with Gasteiger partial charge in [0.25, 0.3) is 0 Å². The first-order valence-electron chi connectivity index (χ1n) is 5.94. The molecule has 21 heavy (non-hydrogen) atoms. The number of rotatable bonds is 4. The molecular formula is C14H12N4O2S. The van der Waals surface area contributed by atoms with Crippen LogP contribution >= 0.6 is 11.8 Å². The zero-order valence-corrected chi connectivity index (χ0v) is 12.3. The normalized spacial score (nSPS) is 9.76. The maximum Gasteiger partial charge on any atom is 0.337 e. The van der Waals surface area contributed by atoms with Crippen LogP contribution in [0.25, 0.3) is 0 Å². The Balaban J connectivity index is 2.35. The van der Waals surface area contributed by atoms with Crippen molar-refractivity contribution in [3.63, 3.8) is 0 Å². The molecule has 0 amide bonds. The van der Waals surface area contributed by atoms with Gasteiger partial charge in [0.1, 0.15) is 23.0 Å². The number of hydrogen-bond acceptors (Lipinski definition) is 7. The molecule has 0 bridgehead atoms. The fourth-order valence-corrected chi connectivity index (χ4v) is 2.20. The van der Waals surface area contributed by atoms with Crippen LogP contribution in [0, 0.1) is 11.3 Å². The molecule has 1 aromatic carbocycles. The summed E-state index contributed by atoms with van der Waals surface area (Å²) in [5, 5.41) is 12.9. The summed E-state index contributed by atoms with van der Waals surface area (Å²) in [6.45, 7) is 0. The Morgan fingerprint density at radius 3 is 2.90 bits per heavy atom. The van der Waals surface area contributed by atoms with Crippen LogP contribution in [-0.4, -0.2) is 29.3 Å². The van der Waals surface area contributed by atoms with E-state index in [1.165, 1.54) is 25.2 Å². The van der Waals surface area contributed by atoms with Crippen molar-refractivity contribution in [2.45, 2.75) is 5.03 Å². The summed E-state index contributed by atoms with van der Waals surface area (Å²) in [5.74, 6) is -0.0227. The highest BCUT2D eigenvalue weighted by atomic mass is 32.2. The van der Waals surface area contributed by atoms with Gasteiger partial charge in [-0.3, -0.25) is 0 Å². The number of benzene rings is 1. The molecule has 0 aliphatic heterocycles. The first-order chi connectivity index (χ1) is 10.2. The molecular weight excluding hydrogens is 288 g/mol. The molecule has 6 nitrogen and oxygen atoms in total. The summed E-state index contributed by atoms with van der Waals surface area (Å²) in [6, 6.07) is 8.86. The molecule has 106 valence electrons. The van der Waals surface area contributed by atoms with Gasteiger partial charge in [-0.2, -0.15) is 5.26 Å². The summed E-state index contributed by atoms with van der Waals surface area (Å²) in [4.78, 5) is 19.6. The zero-order valence-electron chi connectivity index (χ0n) is 11.5. The van der Waals surface area contributed by atoms with E-state index in [2.05, 4.69) is 26.1 Å². The predicted molar refractivity (Wildman–Crippen MR) is 79.6 cm³/mol. The third-order valence-electron chi connectivity index (χ3n) is 2.66. The minimum absolute atomic E-state index is 0.369. The first-order valence-corrected chi connectivity index (χ1v) is 7.16. The molecule has 0 radical (unpaired) electrons. The van der Waals surface area contributed by atoms with Gasteiger partial charge < -0.3 is 10.1 Å². The number of nitrogens with one attached hydrogen (secondary N) is 1. The second-order valence-electron chi connectivity index (χ2n) is 3.92. The Morgan fingerprint density at radius 1 is 1.43 bits per heavy atom. The maximum atomic E-state index is 11.5. The molecule has 2 rings (SSSR count). The van der Waals surface area contributed by atoms with Gasteiger partial charge in [-0.05, 0) is 24.5 Å². The minimum atomic E-state index is -0.424. The molecule has 0 spiro atoms. The van der Waals surface area contributed by atoms with E-state index >= 15 is 0 Å². The number of methoxy groups -OCH3 is 1. The van der Waals surface area contributed by atoms with E-state index in [-0.39, 0.29) is 0 Å². The number of esters is 1. The number of carbonyl (C=O) groups excluding carboxylic acids is 1. The number of ether oxygens (including phenoxy) is 1. The number of thioether (sulfide) groups is 1. The number of nitriles is 1. The van der Waals surface area contributed by atoms with Crippen LogP contribution in [0.3, 0.4) is 0 Å². The van der Waals surface area contributed by atoms with Crippen molar-refractivity contribution in [3.8, 4) is 6.07 Å². The fourth-order valence-electron chi connectivity index (χ4n) is 1.70. The number of aromatic nitrogens is 2. The Kier molecular flexibility index (Phi) is 4.74. The highest BCUT2D eigenvalue weighted by molar-refractivity contribution is 7.98. The van der Waals surface area contributed by atoms with Crippen molar-refractivity contribution < 1.29 is 9.53 Å². The molecule has 0 aliphatic rings. The minimum Gasteiger partial charge on any atom is -0.465 e. The molecule has 0 aliphatic carbocycles. The van der Waals surface area contributed by atoms with Gasteiger partial charge in [-0.1, -0.05) is 6.07 Å². The summed E-state index contributed by atoms with van der Waals surface area (Å²) >= 11 is 1.37. The van der Waals surface area contributed by atoms with Crippen LogP contribution in [0.15, 0.2) is 35.6 Å². The topological polar surface area (TPSA) is 87.9 Å². The fraction of sp³-hybridized carbons (Fsp3) is 0.143. The van der Waals surface area contributed by atoms with Crippen LogP contribution in [0.1, 0.15) is 15.9 Å². The second kappa shape index (κ2) is 6.72. The van der Waals surface area contributed by atoms with Gasteiger partial charge in [0.15, 0.2) is 5.82 Å². The van der Waals surface area contributed by atoms with Gasteiger partial charge in [0.05, 0.1) is 12.7 Å². The third kappa shape index (κ3) is 3.30. The predicted octanol–water partition coefficient (Wildman–Crippen LogP) is 2.60. The van der Waals surface area contributed by atoms with E-state index in [1.54, 1.807) is 24.3 Å². The Labute approximate surface area is 126 Å². The largest absolute Gasteiger partial charge is 0.465 e. The quantitative estimate of drug-likeness (QED) is 0.527. The van der Waals surface area contributed by atoms with Crippen molar-refractivity contribution in [2.24, 2.45) is 0 Å². The molecule has 2 aromatic rings. The van der Waals surface area contributed by atoms with E-state index < -0.39 is 5.97 Å². The van der Waals surface area contributed by atoms with Gasteiger partial charge in [0, 0.05) is 5.69 Å². The maximum absolute atomic E-state index is 11.5. The molecule has 1 aromatic heterocycles. The van der Waals surface area contributed by atoms with Crippen LogP contribution in [0.4, 0.5) is 11.5 Å². The SMILES string of the molecule is COC(=O)c1cccc(Nc2ncnc(SC)c2C#N)c1. The number of carbonyl (C=O) groups is 1. The first kappa shape index (κ1) is 14.8. The molecule has 0 unspecified atom stereocenters.